The van der Waals surface area contributed by atoms with Crippen molar-refractivity contribution in [2.75, 3.05) is 32.6 Å². The maximum absolute atomic E-state index is 12.3. The van der Waals surface area contributed by atoms with Crippen LogP contribution in [0.3, 0.4) is 0 Å². The Balaban J connectivity index is 1.90. The minimum Gasteiger partial charge on any atom is -0.495 e. The molecule has 2 rings (SSSR count). The first kappa shape index (κ1) is 18.8. The summed E-state index contributed by atoms with van der Waals surface area (Å²) in [6.07, 6.45) is 0. The minimum absolute atomic E-state index is 0.0719. The van der Waals surface area contributed by atoms with E-state index in [0.29, 0.717) is 31.1 Å². The highest BCUT2D eigenvalue weighted by Gasteiger charge is 2.11. The van der Waals surface area contributed by atoms with Crippen molar-refractivity contribution in [1.29, 1.82) is 0 Å². The van der Waals surface area contributed by atoms with Crippen LogP contribution >= 0.6 is 0 Å². The van der Waals surface area contributed by atoms with Crippen LogP contribution in [0, 0.1) is 6.92 Å². The third-order valence-corrected chi connectivity index (χ3v) is 3.73. The monoisotopic (exact) mass is 342 g/mol. The quantitative estimate of drug-likeness (QED) is 0.798. The highest BCUT2D eigenvalue weighted by molar-refractivity contribution is 5.93. The first-order chi connectivity index (χ1) is 12.0. The van der Waals surface area contributed by atoms with Crippen molar-refractivity contribution in [2.24, 2.45) is 0 Å². The standard InChI is InChI=1S/C20H26N2O3/c1-5-25-17-9-7-16(8-10-17)13-22(3)14-20(23)21-18-12-15(2)6-11-19(18)24-4/h6-12H,5,13-14H2,1-4H3,(H,21,23). The number of amides is 1. The molecule has 0 radical (unpaired) electrons. The summed E-state index contributed by atoms with van der Waals surface area (Å²) in [4.78, 5) is 14.3. The van der Waals surface area contributed by atoms with E-state index in [1.165, 1.54) is 0 Å². The van der Waals surface area contributed by atoms with Gasteiger partial charge in [0.2, 0.25) is 5.91 Å². The summed E-state index contributed by atoms with van der Waals surface area (Å²) in [6.45, 7) is 5.58. The van der Waals surface area contributed by atoms with E-state index < -0.39 is 0 Å². The number of nitrogens with zero attached hydrogens (tertiary/aromatic N) is 1. The highest BCUT2D eigenvalue weighted by atomic mass is 16.5. The third-order valence-electron chi connectivity index (χ3n) is 3.73. The molecule has 0 saturated heterocycles. The molecule has 0 aliphatic carbocycles. The summed E-state index contributed by atoms with van der Waals surface area (Å²) in [6, 6.07) is 13.6. The Labute approximate surface area is 149 Å². The molecule has 1 N–H and O–H groups in total. The van der Waals surface area contributed by atoms with Gasteiger partial charge in [0.1, 0.15) is 11.5 Å². The average molecular weight is 342 g/mol. The number of aryl methyl sites for hydroxylation is 1. The predicted molar refractivity (Wildman–Crippen MR) is 100 cm³/mol. The molecule has 0 unspecified atom stereocenters. The molecule has 0 heterocycles. The lowest BCUT2D eigenvalue weighted by Crippen LogP contribution is -2.30. The molecule has 25 heavy (non-hydrogen) atoms. The first-order valence-electron chi connectivity index (χ1n) is 8.36. The molecule has 0 aliphatic heterocycles. The smallest absolute Gasteiger partial charge is 0.238 e. The fourth-order valence-electron chi connectivity index (χ4n) is 2.58. The number of methoxy groups -OCH3 is 1. The lowest BCUT2D eigenvalue weighted by atomic mass is 10.2. The Morgan fingerprint density at radius 1 is 1.16 bits per heavy atom. The normalized spacial score (nSPS) is 10.6. The number of carbonyl (C=O) groups is 1. The largest absolute Gasteiger partial charge is 0.495 e. The molecule has 1 amide bonds. The maximum atomic E-state index is 12.3. The van der Waals surface area contributed by atoms with Gasteiger partial charge >= 0.3 is 0 Å². The lowest BCUT2D eigenvalue weighted by Gasteiger charge is -2.17. The van der Waals surface area contributed by atoms with E-state index in [1.807, 2.05) is 68.3 Å². The number of likely N-dealkylation sites (N-methyl/N-ethyl adjacent to an activating group) is 1. The van der Waals surface area contributed by atoms with Crippen LogP contribution in [-0.4, -0.2) is 38.1 Å². The summed E-state index contributed by atoms with van der Waals surface area (Å²) in [5.41, 5.74) is 2.90. The molecule has 5 nitrogen and oxygen atoms in total. The number of anilines is 1. The van der Waals surface area contributed by atoms with Crippen molar-refractivity contribution in [3.63, 3.8) is 0 Å². The average Bonchev–Trinajstić information content (AvgIpc) is 2.57. The van der Waals surface area contributed by atoms with Crippen LogP contribution in [0.15, 0.2) is 42.5 Å². The molecule has 5 heteroatoms. The zero-order chi connectivity index (χ0) is 18.2. The number of ether oxygens (including phenoxy) is 2. The first-order valence-corrected chi connectivity index (χ1v) is 8.36. The zero-order valence-corrected chi connectivity index (χ0v) is 15.3. The van der Waals surface area contributed by atoms with Gasteiger partial charge in [0, 0.05) is 6.54 Å². The molecule has 134 valence electrons. The Kier molecular flexibility index (Phi) is 6.83. The number of benzene rings is 2. The van der Waals surface area contributed by atoms with Gasteiger partial charge in [-0.25, -0.2) is 0 Å². The van der Waals surface area contributed by atoms with E-state index in [4.69, 9.17) is 9.47 Å². The van der Waals surface area contributed by atoms with Gasteiger partial charge in [-0.15, -0.1) is 0 Å². The van der Waals surface area contributed by atoms with Gasteiger partial charge in [-0.05, 0) is 56.3 Å². The molecule has 0 spiro atoms. The van der Waals surface area contributed by atoms with E-state index >= 15 is 0 Å². The maximum Gasteiger partial charge on any atom is 0.238 e. The molecule has 0 fully saturated rings. The molecule has 0 bridgehead atoms. The van der Waals surface area contributed by atoms with E-state index in [0.717, 1.165) is 16.9 Å². The second-order valence-corrected chi connectivity index (χ2v) is 6.00. The number of hydrogen-bond acceptors (Lipinski definition) is 4. The fourth-order valence-corrected chi connectivity index (χ4v) is 2.58. The molecule has 2 aromatic rings. The van der Waals surface area contributed by atoms with E-state index in [1.54, 1.807) is 7.11 Å². The summed E-state index contributed by atoms with van der Waals surface area (Å²) >= 11 is 0. The van der Waals surface area contributed by atoms with E-state index in [2.05, 4.69) is 5.32 Å². The van der Waals surface area contributed by atoms with Gasteiger partial charge < -0.3 is 14.8 Å². The van der Waals surface area contributed by atoms with E-state index in [-0.39, 0.29) is 5.91 Å². The Morgan fingerprint density at radius 2 is 1.88 bits per heavy atom. The van der Waals surface area contributed by atoms with Crippen molar-refractivity contribution in [3.8, 4) is 11.5 Å². The fraction of sp³-hybridized carbons (Fsp3) is 0.350. The second-order valence-electron chi connectivity index (χ2n) is 6.00. The SMILES string of the molecule is CCOc1ccc(CN(C)CC(=O)Nc2cc(C)ccc2OC)cc1. The summed E-state index contributed by atoms with van der Waals surface area (Å²) in [7, 11) is 3.52. The highest BCUT2D eigenvalue weighted by Crippen LogP contribution is 2.25. The molecule has 0 atom stereocenters. The lowest BCUT2D eigenvalue weighted by molar-refractivity contribution is -0.117. The summed E-state index contributed by atoms with van der Waals surface area (Å²) in [5, 5.41) is 2.92. The second kappa shape index (κ2) is 9.08. The van der Waals surface area contributed by atoms with Gasteiger partial charge in [0.25, 0.3) is 0 Å². The van der Waals surface area contributed by atoms with Gasteiger partial charge in [0.05, 0.1) is 25.9 Å². The Hall–Kier alpha value is -2.53. The number of nitrogens with one attached hydrogen (secondary N) is 1. The van der Waals surface area contributed by atoms with Crippen LogP contribution in [0.4, 0.5) is 5.69 Å². The van der Waals surface area contributed by atoms with Crippen LogP contribution in [-0.2, 0) is 11.3 Å². The van der Waals surface area contributed by atoms with Crippen molar-refractivity contribution >= 4 is 11.6 Å². The Morgan fingerprint density at radius 3 is 2.52 bits per heavy atom. The summed E-state index contributed by atoms with van der Waals surface area (Å²) < 4.78 is 10.7. The van der Waals surface area contributed by atoms with Gasteiger partial charge in [-0.1, -0.05) is 18.2 Å². The van der Waals surface area contributed by atoms with Gasteiger partial charge in [0.15, 0.2) is 0 Å². The molecule has 2 aromatic carbocycles. The molecular weight excluding hydrogens is 316 g/mol. The number of rotatable bonds is 8. The topological polar surface area (TPSA) is 50.8 Å². The predicted octanol–water partition coefficient (Wildman–Crippen LogP) is 3.47. The molecule has 0 aromatic heterocycles. The van der Waals surface area contributed by atoms with Gasteiger partial charge in [-0.3, -0.25) is 9.69 Å². The number of hydrogen-bond donors (Lipinski definition) is 1. The van der Waals surface area contributed by atoms with Crippen LogP contribution in [0.2, 0.25) is 0 Å². The molecule has 0 aliphatic rings. The Bertz CT molecular complexity index is 699. The van der Waals surface area contributed by atoms with Gasteiger partial charge in [-0.2, -0.15) is 0 Å². The van der Waals surface area contributed by atoms with Crippen LogP contribution in [0.25, 0.3) is 0 Å². The zero-order valence-electron chi connectivity index (χ0n) is 15.3. The van der Waals surface area contributed by atoms with Crippen LogP contribution < -0.4 is 14.8 Å². The van der Waals surface area contributed by atoms with E-state index in [9.17, 15) is 4.79 Å². The van der Waals surface area contributed by atoms with Crippen LogP contribution in [0.5, 0.6) is 11.5 Å². The van der Waals surface area contributed by atoms with Crippen molar-refractivity contribution < 1.29 is 14.3 Å². The van der Waals surface area contributed by atoms with Crippen molar-refractivity contribution in [3.05, 3.63) is 53.6 Å². The summed E-state index contributed by atoms with van der Waals surface area (Å²) in [5.74, 6) is 1.45. The van der Waals surface area contributed by atoms with Crippen molar-refractivity contribution in [1.82, 2.24) is 4.90 Å². The van der Waals surface area contributed by atoms with Crippen LogP contribution in [0.1, 0.15) is 18.1 Å². The van der Waals surface area contributed by atoms with Crippen molar-refractivity contribution in [2.45, 2.75) is 20.4 Å². The third kappa shape index (κ3) is 5.80. The molecule has 0 saturated carbocycles. The minimum atomic E-state index is -0.0719. The number of carbonyl (C=O) groups excluding carboxylic acids is 1. The molecular formula is C20H26N2O3.